The van der Waals surface area contributed by atoms with Gasteiger partial charge in [0, 0.05) is 12.1 Å². The van der Waals surface area contributed by atoms with Gasteiger partial charge in [-0.25, -0.2) is 4.79 Å². The summed E-state index contributed by atoms with van der Waals surface area (Å²) < 4.78 is 4.77. The van der Waals surface area contributed by atoms with Gasteiger partial charge in [-0.2, -0.15) is 0 Å². The van der Waals surface area contributed by atoms with E-state index in [0.717, 1.165) is 0 Å². The van der Waals surface area contributed by atoms with E-state index in [2.05, 4.69) is 0 Å². The van der Waals surface area contributed by atoms with Crippen molar-refractivity contribution in [1.82, 2.24) is 0 Å². The number of nitro groups is 1. The molecular formula is C13H12ClNO5. The summed E-state index contributed by atoms with van der Waals surface area (Å²) in [6, 6.07) is 5.59. The SMILES string of the molecule is CC(=O)/C(=C\c1cccc([N+](=O)[O-])c1)C(=O)OCCCl. The third kappa shape index (κ3) is 4.47. The molecule has 1 rings (SSSR count). The molecule has 0 saturated carbocycles. The molecule has 0 aliphatic heterocycles. The summed E-state index contributed by atoms with van der Waals surface area (Å²) in [5.74, 6) is -1.17. The molecule has 0 spiro atoms. The maximum Gasteiger partial charge on any atom is 0.341 e. The number of halogens is 1. The maximum atomic E-state index is 11.7. The lowest BCUT2D eigenvalue weighted by Crippen LogP contribution is -2.14. The third-order valence-electron chi connectivity index (χ3n) is 2.30. The van der Waals surface area contributed by atoms with Gasteiger partial charge >= 0.3 is 5.97 Å². The van der Waals surface area contributed by atoms with E-state index in [4.69, 9.17) is 16.3 Å². The molecule has 0 radical (unpaired) electrons. The number of rotatable bonds is 6. The molecule has 0 saturated heterocycles. The number of ketones is 1. The molecule has 0 heterocycles. The predicted molar refractivity (Wildman–Crippen MR) is 73.4 cm³/mol. The Hall–Kier alpha value is -2.21. The van der Waals surface area contributed by atoms with Crippen molar-refractivity contribution in [2.45, 2.75) is 6.92 Å². The van der Waals surface area contributed by atoms with Crippen molar-refractivity contribution in [3.05, 3.63) is 45.5 Å². The van der Waals surface area contributed by atoms with Crippen LogP contribution in [0.4, 0.5) is 5.69 Å². The van der Waals surface area contributed by atoms with E-state index in [1.54, 1.807) is 6.07 Å². The van der Waals surface area contributed by atoms with Crippen molar-refractivity contribution in [1.29, 1.82) is 0 Å². The predicted octanol–water partition coefficient (Wildman–Crippen LogP) is 2.35. The molecule has 0 aromatic heterocycles. The molecule has 0 unspecified atom stereocenters. The van der Waals surface area contributed by atoms with E-state index in [0.29, 0.717) is 5.56 Å². The molecule has 6 nitrogen and oxygen atoms in total. The van der Waals surface area contributed by atoms with E-state index >= 15 is 0 Å². The number of benzene rings is 1. The summed E-state index contributed by atoms with van der Waals surface area (Å²) >= 11 is 5.39. The van der Waals surface area contributed by atoms with Gasteiger partial charge in [-0.15, -0.1) is 11.6 Å². The van der Waals surface area contributed by atoms with E-state index < -0.39 is 16.7 Å². The summed E-state index contributed by atoms with van der Waals surface area (Å²) in [5, 5.41) is 10.7. The number of hydrogen-bond donors (Lipinski definition) is 0. The van der Waals surface area contributed by atoms with Crippen LogP contribution in [0.5, 0.6) is 0 Å². The number of non-ortho nitro benzene ring substituents is 1. The van der Waals surface area contributed by atoms with Gasteiger partial charge in [-0.3, -0.25) is 14.9 Å². The monoisotopic (exact) mass is 297 g/mol. The topological polar surface area (TPSA) is 86.5 Å². The van der Waals surface area contributed by atoms with E-state index in [9.17, 15) is 19.7 Å². The zero-order chi connectivity index (χ0) is 15.1. The van der Waals surface area contributed by atoms with Crippen LogP contribution in [0.2, 0.25) is 0 Å². The van der Waals surface area contributed by atoms with Crippen LogP contribution in [-0.2, 0) is 14.3 Å². The van der Waals surface area contributed by atoms with Crippen molar-refractivity contribution in [2.24, 2.45) is 0 Å². The minimum Gasteiger partial charge on any atom is -0.461 e. The standard InChI is InChI=1S/C13H12ClNO5/c1-9(16)12(13(17)20-6-5-14)8-10-3-2-4-11(7-10)15(18)19/h2-4,7-8H,5-6H2,1H3/b12-8+. The number of nitro benzene ring substituents is 1. The van der Waals surface area contributed by atoms with Crippen LogP contribution in [0.1, 0.15) is 12.5 Å². The van der Waals surface area contributed by atoms with E-state index in [1.807, 2.05) is 0 Å². The summed E-state index contributed by atoms with van der Waals surface area (Å²) in [7, 11) is 0. The van der Waals surface area contributed by atoms with Gasteiger partial charge in [0.25, 0.3) is 5.69 Å². The highest BCUT2D eigenvalue weighted by Crippen LogP contribution is 2.16. The first-order chi connectivity index (χ1) is 9.45. The summed E-state index contributed by atoms with van der Waals surface area (Å²) in [4.78, 5) is 33.2. The van der Waals surface area contributed by atoms with Crippen molar-refractivity contribution in [3.63, 3.8) is 0 Å². The minimum absolute atomic E-state index is 0.0139. The second-order valence-electron chi connectivity index (χ2n) is 3.79. The lowest BCUT2D eigenvalue weighted by Gasteiger charge is -2.04. The first kappa shape index (κ1) is 15.8. The van der Waals surface area contributed by atoms with Crippen LogP contribution < -0.4 is 0 Å². The number of ether oxygens (including phenoxy) is 1. The molecule has 106 valence electrons. The second kappa shape index (κ2) is 7.40. The van der Waals surface area contributed by atoms with Gasteiger partial charge in [0.2, 0.25) is 0 Å². The van der Waals surface area contributed by atoms with Gasteiger partial charge in [-0.05, 0) is 18.6 Å². The molecule has 1 aromatic rings. The largest absolute Gasteiger partial charge is 0.461 e. The second-order valence-corrected chi connectivity index (χ2v) is 4.17. The van der Waals surface area contributed by atoms with E-state index in [1.165, 1.54) is 31.2 Å². The molecule has 0 N–H and O–H groups in total. The molecular weight excluding hydrogens is 286 g/mol. The van der Waals surface area contributed by atoms with Crippen molar-refractivity contribution < 1.29 is 19.2 Å². The molecule has 20 heavy (non-hydrogen) atoms. The normalized spacial score (nSPS) is 11.0. The Morgan fingerprint density at radius 2 is 2.15 bits per heavy atom. The number of nitrogens with zero attached hydrogens (tertiary/aromatic N) is 1. The third-order valence-corrected chi connectivity index (χ3v) is 2.46. The van der Waals surface area contributed by atoms with Gasteiger partial charge < -0.3 is 4.74 Å². The number of alkyl halides is 1. The van der Waals surface area contributed by atoms with Crippen LogP contribution in [-0.4, -0.2) is 29.2 Å². The lowest BCUT2D eigenvalue weighted by atomic mass is 10.1. The summed E-state index contributed by atoms with van der Waals surface area (Å²) in [5.41, 5.74) is 0.0543. The van der Waals surface area contributed by atoms with Gasteiger partial charge in [0.15, 0.2) is 5.78 Å². The van der Waals surface area contributed by atoms with Crippen molar-refractivity contribution >= 4 is 35.1 Å². The summed E-state index contributed by atoms with van der Waals surface area (Å²) in [6.45, 7) is 1.20. The summed E-state index contributed by atoms with van der Waals surface area (Å²) in [6.07, 6.45) is 1.26. The number of carbonyl (C=O) groups excluding carboxylic acids is 2. The number of hydrogen-bond acceptors (Lipinski definition) is 5. The zero-order valence-electron chi connectivity index (χ0n) is 10.7. The van der Waals surface area contributed by atoms with Crippen LogP contribution >= 0.6 is 11.6 Å². The van der Waals surface area contributed by atoms with Gasteiger partial charge in [-0.1, -0.05) is 12.1 Å². The minimum atomic E-state index is -0.801. The first-order valence-electron chi connectivity index (χ1n) is 5.66. The molecule has 0 aliphatic rings. The van der Waals surface area contributed by atoms with Gasteiger partial charge in [0.05, 0.1) is 10.8 Å². The molecule has 0 fully saturated rings. The maximum absolute atomic E-state index is 11.7. The number of Topliss-reactive ketones (excluding diaryl/α,β-unsaturated/α-hetero) is 1. The highest BCUT2D eigenvalue weighted by atomic mass is 35.5. The fourth-order valence-corrected chi connectivity index (χ4v) is 1.49. The number of carbonyl (C=O) groups is 2. The van der Waals surface area contributed by atoms with Crippen LogP contribution in [0.3, 0.4) is 0 Å². The molecule has 7 heteroatoms. The number of esters is 1. The smallest absolute Gasteiger partial charge is 0.341 e. The Bertz CT molecular complexity index is 568. The Balaban J connectivity index is 3.08. The molecule has 0 aliphatic carbocycles. The zero-order valence-corrected chi connectivity index (χ0v) is 11.4. The molecule has 1 aromatic carbocycles. The Morgan fingerprint density at radius 3 is 2.70 bits per heavy atom. The fourth-order valence-electron chi connectivity index (χ4n) is 1.41. The van der Waals surface area contributed by atoms with Crippen LogP contribution in [0.25, 0.3) is 6.08 Å². The van der Waals surface area contributed by atoms with Gasteiger partial charge in [0.1, 0.15) is 12.2 Å². The Morgan fingerprint density at radius 1 is 1.45 bits per heavy atom. The lowest BCUT2D eigenvalue weighted by molar-refractivity contribution is -0.384. The average Bonchev–Trinajstić information content (AvgIpc) is 2.42. The highest BCUT2D eigenvalue weighted by Gasteiger charge is 2.16. The molecule has 0 amide bonds. The Labute approximate surface area is 120 Å². The quantitative estimate of drug-likeness (QED) is 0.153. The van der Waals surface area contributed by atoms with E-state index in [-0.39, 0.29) is 23.7 Å². The fraction of sp³-hybridized carbons (Fsp3) is 0.231. The Kier molecular flexibility index (Phi) is 5.86. The van der Waals surface area contributed by atoms with Crippen LogP contribution in [0, 0.1) is 10.1 Å². The van der Waals surface area contributed by atoms with Crippen LogP contribution in [0.15, 0.2) is 29.8 Å². The molecule has 0 bridgehead atoms. The van der Waals surface area contributed by atoms with Crippen molar-refractivity contribution in [3.8, 4) is 0 Å². The molecule has 0 atom stereocenters. The first-order valence-corrected chi connectivity index (χ1v) is 6.19. The average molecular weight is 298 g/mol. The highest BCUT2D eigenvalue weighted by molar-refractivity contribution is 6.20. The van der Waals surface area contributed by atoms with Crippen molar-refractivity contribution in [2.75, 3.05) is 12.5 Å².